The van der Waals surface area contributed by atoms with Crippen LogP contribution in [0.15, 0.2) is 113 Å². The van der Waals surface area contributed by atoms with Gasteiger partial charge in [-0.2, -0.15) is 0 Å². The molecule has 4 rings (SSSR count). The first-order valence-electron chi connectivity index (χ1n) is 20.6. The van der Waals surface area contributed by atoms with Gasteiger partial charge in [0, 0.05) is 43.5 Å². The first-order valence-corrected chi connectivity index (χ1v) is 20.6. The van der Waals surface area contributed by atoms with Gasteiger partial charge in [-0.1, -0.05) is 126 Å². The lowest BCUT2D eigenvalue weighted by atomic mass is 9.78. The number of fused-ring (bicyclic) bond motifs is 5. The van der Waals surface area contributed by atoms with Crippen molar-refractivity contribution < 1.29 is 48.0 Å². The largest absolute Gasteiger partial charge is 0.457 e. The fourth-order valence-corrected chi connectivity index (χ4v) is 6.66. The summed E-state index contributed by atoms with van der Waals surface area (Å²) in [6, 6.07) is 0. The van der Waals surface area contributed by atoms with E-state index >= 15 is 0 Å². The predicted molar refractivity (Wildman–Crippen MR) is 229 cm³/mol. The lowest BCUT2D eigenvalue weighted by molar-refractivity contribution is -0.0462. The van der Waals surface area contributed by atoms with Crippen molar-refractivity contribution in [3.8, 4) is 0 Å². The van der Waals surface area contributed by atoms with Crippen LogP contribution >= 0.6 is 0 Å². The molecule has 13 nitrogen and oxygen atoms in total. The molecule has 326 valence electrons. The van der Waals surface area contributed by atoms with E-state index in [1.165, 1.54) is 12.5 Å². The third-order valence-corrected chi connectivity index (χ3v) is 11.2. The molecule has 3 heterocycles. The van der Waals surface area contributed by atoms with Crippen molar-refractivity contribution in [2.24, 2.45) is 34.3 Å². The molecule has 5 N–H and O–H groups in total. The molecule has 1 fully saturated rings. The molecule has 60 heavy (non-hydrogen) atoms. The van der Waals surface area contributed by atoms with Crippen LogP contribution in [0.5, 0.6) is 0 Å². The minimum absolute atomic E-state index is 0.00456. The molecule has 13 heteroatoms. The molecule has 0 aromatic carbocycles. The summed E-state index contributed by atoms with van der Waals surface area (Å²) in [6.07, 6.45) is 29.9. The van der Waals surface area contributed by atoms with E-state index in [0.717, 1.165) is 0 Å². The van der Waals surface area contributed by atoms with Crippen molar-refractivity contribution in [2.45, 2.75) is 97.2 Å². The van der Waals surface area contributed by atoms with Crippen molar-refractivity contribution in [2.75, 3.05) is 20.3 Å². The fourth-order valence-electron chi connectivity index (χ4n) is 6.66. The van der Waals surface area contributed by atoms with E-state index < -0.39 is 53.3 Å². The molecule has 1 aliphatic carbocycles. The third kappa shape index (κ3) is 13.8. The molecule has 1 aliphatic heterocycles. The number of carbonyl (C=O) groups is 2. The average molecular weight is 830 g/mol. The van der Waals surface area contributed by atoms with E-state index in [1.807, 2.05) is 76.3 Å². The Hall–Kier alpha value is -4.92. The molecule has 1 saturated carbocycles. The quantitative estimate of drug-likeness (QED) is 0.133. The highest BCUT2D eigenvalue weighted by molar-refractivity contribution is 5.87. The molecule has 0 spiro atoms. The molecule has 2 aromatic heterocycles. The lowest BCUT2D eigenvalue weighted by Gasteiger charge is -2.36. The van der Waals surface area contributed by atoms with Crippen LogP contribution in [0.1, 0.15) is 93.1 Å². The van der Waals surface area contributed by atoms with E-state index in [-0.39, 0.29) is 48.0 Å². The molecule has 4 bridgehead atoms. The first kappa shape index (κ1) is 47.8. The average Bonchev–Trinajstić information content (AvgIpc) is 3.57. The van der Waals surface area contributed by atoms with Crippen LogP contribution in [-0.4, -0.2) is 88.0 Å². The van der Waals surface area contributed by atoms with Crippen LogP contribution in [0.25, 0.3) is 6.08 Å². The van der Waals surface area contributed by atoms with Crippen molar-refractivity contribution >= 4 is 18.0 Å². The number of aliphatic hydroxyl groups excluding tert-OH is 3. The maximum Gasteiger partial charge on any atom is 0.360 e. The number of nitrogens with zero attached hydrogens (tertiary/aromatic N) is 2. The third-order valence-electron chi connectivity index (χ3n) is 11.2. The monoisotopic (exact) mass is 829 g/mol. The first-order chi connectivity index (χ1) is 28.7. The maximum absolute atomic E-state index is 13.5. The number of aromatic nitrogens is 2. The number of rotatable bonds is 11. The van der Waals surface area contributed by atoms with Gasteiger partial charge in [-0.25, -0.2) is 19.6 Å². The molecule has 0 unspecified atom stereocenters. The van der Waals surface area contributed by atoms with Gasteiger partial charge >= 0.3 is 11.9 Å². The molecule has 0 amide bonds. The van der Waals surface area contributed by atoms with Gasteiger partial charge in [0.15, 0.2) is 17.3 Å². The zero-order valence-corrected chi connectivity index (χ0v) is 35.6. The van der Waals surface area contributed by atoms with Crippen LogP contribution < -0.4 is 5.73 Å². The summed E-state index contributed by atoms with van der Waals surface area (Å²) in [5.74, 6) is 0.0691. The second kappa shape index (κ2) is 23.2. The number of ether oxygens (including phenoxy) is 3. The molecule has 2 aliphatic rings. The van der Waals surface area contributed by atoms with Crippen molar-refractivity contribution in [3.05, 3.63) is 127 Å². The Balaban J connectivity index is 1.60. The maximum atomic E-state index is 13.5. The van der Waals surface area contributed by atoms with E-state index in [9.17, 15) is 24.9 Å². The predicted octanol–water partition coefficient (Wildman–Crippen LogP) is 7.06. The number of esters is 2. The van der Waals surface area contributed by atoms with E-state index in [2.05, 4.69) is 29.0 Å². The molecule has 0 saturated heterocycles. The Kier molecular flexibility index (Phi) is 18.4. The zero-order chi connectivity index (χ0) is 43.7. The normalized spacial score (nSPS) is 28.2. The zero-order valence-electron chi connectivity index (χ0n) is 35.6. The number of methoxy groups -OCH3 is 1. The Morgan fingerprint density at radius 2 is 1.38 bits per heavy atom. The van der Waals surface area contributed by atoms with Crippen molar-refractivity contribution in [3.63, 3.8) is 0 Å². The summed E-state index contributed by atoms with van der Waals surface area (Å²) in [4.78, 5) is 35.6. The number of aliphatic hydroxyl groups is 3. The number of allylic oxidation sites excluding steroid dienone is 8. The standard InChI is InChI=1S/C47H63N3O10/c1-32-34-20-12-13-26-42-49-36(30-57-42)44(54)59-40(46(2,3)38(52)22-14-16-27-48)24-11-9-7-8-10-19-33(56-6)29-43-50-37(31-58-43)45(55)60-41(25-18-21-35(32)34)47(4,5)39(53)23-15-17-28-51/h7-15,18-23,26,30-35,38-41,51-53H,16-17,24-25,27-29,48H2,1-6H3/b8-7-,11-9-,19-10+,20-12+,21-18-,22-14+,23-15+,26-13-/t32-,33-,34+,35-,38-,39-,40-,41-/m0/s1. The summed E-state index contributed by atoms with van der Waals surface area (Å²) in [5.41, 5.74) is 3.87. The van der Waals surface area contributed by atoms with E-state index in [0.29, 0.717) is 38.1 Å². The van der Waals surface area contributed by atoms with Gasteiger partial charge in [-0.3, -0.25) is 0 Å². The Morgan fingerprint density at radius 3 is 2.03 bits per heavy atom. The van der Waals surface area contributed by atoms with Gasteiger partial charge in [-0.15, -0.1) is 0 Å². The molecule has 8 atom stereocenters. The van der Waals surface area contributed by atoms with Gasteiger partial charge in [0.25, 0.3) is 0 Å². The summed E-state index contributed by atoms with van der Waals surface area (Å²) >= 11 is 0. The Morgan fingerprint density at radius 1 is 0.800 bits per heavy atom. The van der Waals surface area contributed by atoms with Crippen LogP contribution in [-0.2, 0) is 20.6 Å². The second-order valence-electron chi connectivity index (χ2n) is 16.3. The van der Waals surface area contributed by atoms with Crippen LogP contribution in [0, 0.1) is 28.6 Å². The number of hydrogen-bond donors (Lipinski definition) is 4. The fraction of sp³-hybridized carbons (Fsp3) is 0.489. The summed E-state index contributed by atoms with van der Waals surface area (Å²) in [7, 11) is 1.56. The van der Waals surface area contributed by atoms with Gasteiger partial charge in [0.05, 0.1) is 24.7 Å². The lowest BCUT2D eigenvalue weighted by Crippen LogP contribution is -2.42. The minimum atomic E-state index is -0.963. The molecule has 0 radical (unpaired) electrons. The number of nitrogens with two attached hydrogens (primary N) is 1. The van der Waals surface area contributed by atoms with E-state index in [1.54, 1.807) is 43.6 Å². The SMILES string of the molecule is CO[C@H]1/C=C/C=C\C=C/C[C@@H](C(C)(C)[C@@H](O)/C=C/CCN)OC(=O)c2coc(n2)/C=C\C=C\[C@@H]2[C@H](C)[C@@H]2/C=C\C[C@@H](C(C)(C)[C@@H](O)/C=C/CCO)OC(=O)c2coc(n2)C1. The van der Waals surface area contributed by atoms with E-state index in [4.69, 9.17) is 28.8 Å². The number of carbonyl (C=O) groups excluding carboxylic acids is 2. The van der Waals surface area contributed by atoms with Crippen LogP contribution in [0.3, 0.4) is 0 Å². The van der Waals surface area contributed by atoms with Gasteiger partial charge in [0.2, 0.25) is 5.89 Å². The van der Waals surface area contributed by atoms with Gasteiger partial charge in [-0.05, 0) is 37.1 Å². The molecular weight excluding hydrogens is 767 g/mol. The Labute approximate surface area is 353 Å². The summed E-state index contributed by atoms with van der Waals surface area (Å²) in [6.45, 7) is 9.89. The molecule has 2 aromatic rings. The van der Waals surface area contributed by atoms with Crippen molar-refractivity contribution in [1.29, 1.82) is 0 Å². The summed E-state index contributed by atoms with van der Waals surface area (Å²) < 4.78 is 28.8. The number of oxazole rings is 2. The Bertz CT molecular complexity index is 1910. The van der Waals surface area contributed by atoms with Crippen LogP contribution in [0.4, 0.5) is 0 Å². The number of hydrogen-bond acceptors (Lipinski definition) is 13. The van der Waals surface area contributed by atoms with Gasteiger partial charge < -0.3 is 44.1 Å². The minimum Gasteiger partial charge on any atom is -0.457 e. The highest BCUT2D eigenvalue weighted by atomic mass is 16.6. The highest BCUT2D eigenvalue weighted by Crippen LogP contribution is 2.48. The summed E-state index contributed by atoms with van der Waals surface area (Å²) in [5, 5.41) is 31.5. The molecular formula is C47H63N3O10. The number of cyclic esters (lactones) is 2. The highest BCUT2D eigenvalue weighted by Gasteiger charge is 2.43. The van der Waals surface area contributed by atoms with Crippen molar-refractivity contribution in [1.82, 2.24) is 9.97 Å². The smallest absolute Gasteiger partial charge is 0.360 e. The second-order valence-corrected chi connectivity index (χ2v) is 16.3. The van der Waals surface area contributed by atoms with Gasteiger partial charge in [0.1, 0.15) is 24.7 Å². The topological polar surface area (TPSA) is 201 Å². The van der Waals surface area contributed by atoms with Crippen LogP contribution in [0.2, 0.25) is 0 Å².